The lowest BCUT2D eigenvalue weighted by atomic mass is 10.1. The van der Waals surface area contributed by atoms with Crippen LogP contribution in [0.2, 0.25) is 0 Å². The van der Waals surface area contributed by atoms with E-state index >= 15 is 0 Å². The molecule has 138 valence electrons. The van der Waals surface area contributed by atoms with Gasteiger partial charge in [-0.15, -0.1) is 0 Å². The van der Waals surface area contributed by atoms with E-state index in [9.17, 15) is 4.21 Å². The lowest BCUT2D eigenvalue weighted by molar-refractivity contribution is 0.181. The van der Waals surface area contributed by atoms with Crippen LogP contribution in [0.5, 0.6) is 0 Å². The fraction of sp³-hybridized carbons (Fsp3) is 0.643. The van der Waals surface area contributed by atoms with Crippen molar-refractivity contribution in [2.45, 2.75) is 52.4 Å². The van der Waals surface area contributed by atoms with E-state index in [0.29, 0.717) is 24.9 Å². The standard InChI is InChI=1S/C14H16Cl6O2S2/c1-5-10(3)9-11(24(21)14(18,19)20)7-8-12(4,6-2)22-23-13(15,16)17/h5-6H2,1-4H3. The highest BCUT2D eigenvalue weighted by Gasteiger charge is 2.32. The molecule has 0 radical (unpaired) electrons. The van der Waals surface area contributed by atoms with Crippen LogP contribution in [-0.2, 0) is 15.0 Å². The fourth-order valence-electron chi connectivity index (χ4n) is 1.02. The number of halogens is 6. The second kappa shape index (κ2) is 10.6. The van der Waals surface area contributed by atoms with E-state index in [-0.39, 0.29) is 4.91 Å². The Morgan fingerprint density at radius 3 is 2.08 bits per heavy atom. The Morgan fingerprint density at radius 1 is 1.17 bits per heavy atom. The minimum Gasteiger partial charge on any atom is -0.292 e. The van der Waals surface area contributed by atoms with Crippen LogP contribution in [0.25, 0.3) is 0 Å². The third-order valence-electron chi connectivity index (χ3n) is 2.69. The van der Waals surface area contributed by atoms with Gasteiger partial charge in [-0.1, -0.05) is 95.1 Å². The molecule has 0 aromatic rings. The average molecular weight is 493 g/mol. The summed E-state index contributed by atoms with van der Waals surface area (Å²) >= 11 is 34.8. The van der Waals surface area contributed by atoms with Gasteiger partial charge in [-0.25, -0.2) is 4.21 Å². The molecule has 10 heteroatoms. The number of rotatable bonds is 5. The summed E-state index contributed by atoms with van der Waals surface area (Å²) < 4.78 is 14.2. The maximum Gasteiger partial charge on any atom is 0.271 e. The quantitative estimate of drug-likeness (QED) is 0.178. The third kappa shape index (κ3) is 10.4. The normalized spacial score (nSPS) is 15.6. The summed E-state index contributed by atoms with van der Waals surface area (Å²) in [6, 6.07) is 0. The lowest BCUT2D eigenvalue weighted by Gasteiger charge is -2.23. The van der Waals surface area contributed by atoms with Crippen LogP contribution < -0.4 is 0 Å². The highest BCUT2D eigenvalue weighted by molar-refractivity contribution is 8.00. The molecule has 0 rings (SSSR count). The van der Waals surface area contributed by atoms with E-state index in [0.717, 1.165) is 5.57 Å². The van der Waals surface area contributed by atoms with Crippen LogP contribution in [0.15, 0.2) is 16.2 Å². The number of hydrogen-bond acceptors (Lipinski definition) is 3. The molecule has 2 nitrogen and oxygen atoms in total. The van der Waals surface area contributed by atoms with Crippen molar-refractivity contribution in [2.24, 2.45) is 0 Å². The van der Waals surface area contributed by atoms with E-state index < -0.39 is 22.6 Å². The molecule has 0 bridgehead atoms. The first-order chi connectivity index (χ1) is 10.7. The smallest absolute Gasteiger partial charge is 0.271 e. The molecule has 0 aliphatic carbocycles. The summed E-state index contributed by atoms with van der Waals surface area (Å²) in [5, 5.41) is 0. The zero-order valence-electron chi connectivity index (χ0n) is 13.3. The second-order valence-corrected chi connectivity index (χ2v) is 13.2. The molecule has 0 saturated carbocycles. The van der Waals surface area contributed by atoms with Crippen LogP contribution in [0, 0.1) is 11.8 Å². The topological polar surface area (TPSA) is 26.3 Å². The van der Waals surface area contributed by atoms with Gasteiger partial charge in [0.15, 0.2) is 0 Å². The molecule has 0 amide bonds. The Morgan fingerprint density at radius 2 is 1.71 bits per heavy atom. The molecule has 0 aromatic carbocycles. The van der Waals surface area contributed by atoms with Crippen molar-refractivity contribution in [1.82, 2.24) is 0 Å². The highest BCUT2D eigenvalue weighted by atomic mass is 35.6. The lowest BCUT2D eigenvalue weighted by Crippen LogP contribution is -2.24. The monoisotopic (exact) mass is 490 g/mol. The minimum atomic E-state index is -2.01. The first kappa shape index (κ1) is 25.3. The van der Waals surface area contributed by atoms with Crippen molar-refractivity contribution in [1.29, 1.82) is 0 Å². The zero-order chi connectivity index (χ0) is 19.2. The number of hydrogen-bond donors (Lipinski definition) is 0. The molecule has 0 N–H and O–H groups in total. The second-order valence-electron chi connectivity index (χ2n) is 4.75. The molecular formula is C14H16Cl6O2S2. The summed E-state index contributed by atoms with van der Waals surface area (Å²) in [4.78, 5) is 0.0662. The van der Waals surface area contributed by atoms with Gasteiger partial charge in [0.2, 0.25) is 0 Å². The van der Waals surface area contributed by atoms with Crippen LogP contribution in [-0.4, -0.2) is 16.1 Å². The molecule has 24 heavy (non-hydrogen) atoms. The van der Waals surface area contributed by atoms with Crippen molar-refractivity contribution in [3.63, 3.8) is 0 Å². The van der Waals surface area contributed by atoms with Gasteiger partial charge in [0.25, 0.3) is 6.25 Å². The maximum absolute atomic E-state index is 12.3. The largest absolute Gasteiger partial charge is 0.292 e. The Hall–Kier alpha value is 1.28. The number of allylic oxidation sites excluding steroid dienone is 1. The fourth-order valence-corrected chi connectivity index (χ4v) is 3.08. The molecule has 0 aromatic heterocycles. The van der Waals surface area contributed by atoms with Crippen molar-refractivity contribution >= 4 is 92.4 Å². The summed E-state index contributed by atoms with van der Waals surface area (Å²) in [5.74, 6) is 5.58. The van der Waals surface area contributed by atoms with Crippen LogP contribution in [0.4, 0.5) is 0 Å². The summed E-state index contributed by atoms with van der Waals surface area (Å²) in [7, 11) is -1.99. The van der Waals surface area contributed by atoms with E-state index in [1.807, 2.05) is 20.8 Å². The molecular weight excluding hydrogens is 477 g/mol. The van der Waals surface area contributed by atoms with Gasteiger partial charge in [-0.05, 0) is 38.2 Å². The molecule has 0 aliphatic heterocycles. The van der Waals surface area contributed by atoms with Crippen LogP contribution >= 0.6 is 81.6 Å². The highest BCUT2D eigenvalue weighted by Crippen LogP contribution is 2.42. The van der Waals surface area contributed by atoms with E-state index in [2.05, 4.69) is 17.6 Å². The van der Waals surface area contributed by atoms with Gasteiger partial charge in [0, 0.05) is 0 Å². The maximum atomic E-state index is 12.3. The van der Waals surface area contributed by atoms with Gasteiger partial charge in [0.05, 0.1) is 12.0 Å². The average Bonchev–Trinajstić information content (AvgIpc) is 2.46. The summed E-state index contributed by atoms with van der Waals surface area (Å²) in [6.07, 6.45) is 1.17. The number of alkyl halides is 6. The minimum absolute atomic E-state index is 0.0662. The predicted octanol–water partition coefficient (Wildman–Crippen LogP) is 7.07. The molecule has 0 aliphatic rings. The summed E-state index contributed by atoms with van der Waals surface area (Å²) in [5.41, 5.74) is 2.77. The Kier molecular flexibility index (Phi) is 11.1. The van der Waals surface area contributed by atoms with E-state index in [1.165, 1.54) is 0 Å². The molecule has 2 atom stereocenters. The molecule has 0 fully saturated rings. The van der Waals surface area contributed by atoms with Gasteiger partial charge in [0.1, 0.15) is 21.3 Å². The predicted molar refractivity (Wildman–Crippen MR) is 110 cm³/mol. The van der Waals surface area contributed by atoms with Crippen molar-refractivity contribution in [2.75, 3.05) is 0 Å². The molecule has 0 saturated heterocycles. The zero-order valence-corrected chi connectivity index (χ0v) is 19.5. The van der Waals surface area contributed by atoms with Crippen LogP contribution in [0.1, 0.15) is 40.5 Å². The molecule has 0 heterocycles. The van der Waals surface area contributed by atoms with Gasteiger partial charge in [-0.2, -0.15) is 0 Å². The van der Waals surface area contributed by atoms with Crippen LogP contribution in [0.3, 0.4) is 0 Å². The molecule has 0 spiro atoms. The van der Waals surface area contributed by atoms with E-state index in [4.69, 9.17) is 73.8 Å². The SMILES string of the molecule is CCC(C)=C=C(C#CC(C)(CC)OSC(Cl)(Cl)Cl)S(=O)C(Cl)(Cl)Cl. The van der Waals surface area contributed by atoms with Gasteiger partial charge >= 0.3 is 0 Å². The Bertz CT molecular complexity index is 591. The van der Waals surface area contributed by atoms with Gasteiger partial charge < -0.3 is 0 Å². The first-order valence-electron chi connectivity index (χ1n) is 6.66. The summed E-state index contributed by atoms with van der Waals surface area (Å²) in [6.45, 7) is 7.28. The van der Waals surface area contributed by atoms with Crippen molar-refractivity contribution in [3.8, 4) is 11.8 Å². The van der Waals surface area contributed by atoms with E-state index in [1.54, 1.807) is 6.92 Å². The van der Waals surface area contributed by atoms with Gasteiger partial charge in [-0.3, -0.25) is 4.18 Å². The third-order valence-corrected chi connectivity index (χ3v) is 6.15. The Balaban J connectivity index is 5.79. The molecule has 2 unspecified atom stereocenters. The van der Waals surface area contributed by atoms with Crippen molar-refractivity contribution < 1.29 is 8.39 Å². The Labute approximate surface area is 180 Å². The first-order valence-corrected chi connectivity index (χ1v) is 10.8. The van der Waals surface area contributed by atoms with Crippen molar-refractivity contribution in [3.05, 3.63) is 16.2 Å².